The topological polar surface area (TPSA) is 32.3 Å². The van der Waals surface area contributed by atoms with E-state index in [-0.39, 0.29) is 12.1 Å². The van der Waals surface area contributed by atoms with Gasteiger partial charge in [0.05, 0.1) is 14.8 Å². The second kappa shape index (κ2) is 5.89. The third-order valence-corrected chi connectivity index (χ3v) is 4.85. The minimum Gasteiger partial charge on any atom is -0.393 e. The second-order valence-electron chi connectivity index (χ2n) is 4.67. The maximum Gasteiger partial charge on any atom is 0.0991 e. The molecule has 2 N–H and O–H groups in total. The molecular formula is C12H17Cl2NOS. The Bertz CT molecular complexity index is 375. The minimum absolute atomic E-state index is 0.109. The highest BCUT2D eigenvalue weighted by molar-refractivity contribution is 7.20. The molecular weight excluding hydrogens is 277 g/mol. The first-order valence-corrected chi connectivity index (χ1v) is 7.52. The molecule has 1 atom stereocenters. The smallest absolute Gasteiger partial charge is 0.0991 e. The summed E-state index contributed by atoms with van der Waals surface area (Å²) in [5.74, 6) is 0. The lowest BCUT2D eigenvalue weighted by Crippen LogP contribution is -2.36. The van der Waals surface area contributed by atoms with E-state index >= 15 is 0 Å². The van der Waals surface area contributed by atoms with E-state index in [1.807, 2.05) is 6.07 Å². The number of hydrogen-bond donors (Lipinski definition) is 2. The number of thiophene rings is 1. The molecule has 5 heteroatoms. The molecule has 0 spiro atoms. The van der Waals surface area contributed by atoms with Crippen molar-refractivity contribution in [3.8, 4) is 0 Å². The number of aliphatic hydroxyl groups excluding tert-OH is 1. The molecule has 1 unspecified atom stereocenters. The number of nitrogens with one attached hydrogen (secondary N) is 1. The summed E-state index contributed by atoms with van der Waals surface area (Å²) in [4.78, 5) is 0. The van der Waals surface area contributed by atoms with Gasteiger partial charge in [-0.1, -0.05) is 23.2 Å². The monoisotopic (exact) mass is 293 g/mol. The first kappa shape index (κ1) is 13.6. The molecule has 2 nitrogen and oxygen atoms in total. The van der Waals surface area contributed by atoms with Gasteiger partial charge < -0.3 is 10.4 Å². The molecule has 1 heterocycles. The van der Waals surface area contributed by atoms with Crippen LogP contribution in [-0.4, -0.2) is 17.3 Å². The molecule has 0 radical (unpaired) electrons. The number of aliphatic hydroxyl groups is 1. The predicted molar refractivity (Wildman–Crippen MR) is 74.2 cm³/mol. The van der Waals surface area contributed by atoms with E-state index in [2.05, 4.69) is 12.2 Å². The lowest BCUT2D eigenvalue weighted by atomic mass is 9.92. The largest absolute Gasteiger partial charge is 0.393 e. The average Bonchev–Trinajstić information content (AvgIpc) is 2.61. The number of halogens is 2. The fraction of sp³-hybridized carbons (Fsp3) is 0.667. The van der Waals surface area contributed by atoms with Gasteiger partial charge in [-0.3, -0.25) is 0 Å². The van der Waals surface area contributed by atoms with Crippen molar-refractivity contribution in [1.82, 2.24) is 5.32 Å². The van der Waals surface area contributed by atoms with E-state index in [4.69, 9.17) is 23.2 Å². The predicted octanol–water partition coefficient (Wildman–Crippen LogP) is 4.01. The van der Waals surface area contributed by atoms with Gasteiger partial charge in [-0.05, 0) is 44.2 Å². The summed E-state index contributed by atoms with van der Waals surface area (Å²) in [6.45, 7) is 2.11. The van der Waals surface area contributed by atoms with Crippen LogP contribution in [0.1, 0.15) is 44.2 Å². The SMILES string of the molecule is CC(NC1CCC(O)CC1)c1cc(Cl)sc1Cl. The Balaban J connectivity index is 1.93. The average molecular weight is 294 g/mol. The van der Waals surface area contributed by atoms with Crippen LogP contribution < -0.4 is 5.32 Å². The maximum atomic E-state index is 9.46. The highest BCUT2D eigenvalue weighted by Gasteiger charge is 2.22. The number of hydrogen-bond acceptors (Lipinski definition) is 3. The molecule has 0 bridgehead atoms. The van der Waals surface area contributed by atoms with Gasteiger partial charge in [0.2, 0.25) is 0 Å². The quantitative estimate of drug-likeness (QED) is 0.883. The molecule has 1 aliphatic carbocycles. The van der Waals surface area contributed by atoms with Crippen molar-refractivity contribution in [2.45, 2.75) is 50.8 Å². The lowest BCUT2D eigenvalue weighted by Gasteiger charge is -2.29. The van der Waals surface area contributed by atoms with Gasteiger partial charge in [-0.2, -0.15) is 0 Å². The summed E-state index contributed by atoms with van der Waals surface area (Å²) in [6, 6.07) is 2.62. The van der Waals surface area contributed by atoms with Crippen LogP contribution in [0, 0.1) is 0 Å². The summed E-state index contributed by atoms with van der Waals surface area (Å²) in [7, 11) is 0. The maximum absolute atomic E-state index is 9.46. The Hall–Kier alpha value is 0.200. The van der Waals surface area contributed by atoms with Crippen molar-refractivity contribution in [2.75, 3.05) is 0 Å². The van der Waals surface area contributed by atoms with Crippen molar-refractivity contribution in [2.24, 2.45) is 0 Å². The van der Waals surface area contributed by atoms with Crippen molar-refractivity contribution in [3.05, 3.63) is 20.3 Å². The first-order chi connectivity index (χ1) is 8.06. The van der Waals surface area contributed by atoms with E-state index in [9.17, 15) is 5.11 Å². The Morgan fingerprint density at radius 1 is 1.35 bits per heavy atom. The Morgan fingerprint density at radius 3 is 2.53 bits per heavy atom. The third-order valence-electron chi connectivity index (χ3n) is 3.33. The van der Waals surface area contributed by atoms with Crippen LogP contribution in [0.4, 0.5) is 0 Å². The third kappa shape index (κ3) is 3.58. The summed E-state index contributed by atoms with van der Waals surface area (Å²) in [5, 5.41) is 13.0. The molecule has 1 aliphatic rings. The van der Waals surface area contributed by atoms with Gasteiger partial charge >= 0.3 is 0 Å². The zero-order valence-corrected chi connectivity index (χ0v) is 12.1. The highest BCUT2D eigenvalue weighted by atomic mass is 35.5. The molecule has 1 fully saturated rings. The van der Waals surface area contributed by atoms with Crippen molar-refractivity contribution < 1.29 is 5.11 Å². The van der Waals surface area contributed by atoms with Crippen LogP contribution in [0.5, 0.6) is 0 Å². The normalized spacial score (nSPS) is 27.1. The van der Waals surface area contributed by atoms with Gasteiger partial charge in [-0.15, -0.1) is 11.3 Å². The summed E-state index contributed by atoms with van der Waals surface area (Å²) < 4.78 is 1.50. The van der Waals surface area contributed by atoms with Gasteiger partial charge in [0, 0.05) is 12.1 Å². The van der Waals surface area contributed by atoms with Crippen LogP contribution in [0.15, 0.2) is 6.07 Å². The zero-order valence-electron chi connectivity index (χ0n) is 9.75. The lowest BCUT2D eigenvalue weighted by molar-refractivity contribution is 0.114. The van der Waals surface area contributed by atoms with Crippen LogP contribution in [0.2, 0.25) is 8.67 Å². The van der Waals surface area contributed by atoms with Crippen LogP contribution in [0.3, 0.4) is 0 Å². The van der Waals surface area contributed by atoms with Crippen molar-refractivity contribution in [1.29, 1.82) is 0 Å². The molecule has 1 saturated carbocycles. The molecule has 1 aromatic heterocycles. The van der Waals surface area contributed by atoms with Crippen LogP contribution >= 0.6 is 34.5 Å². The fourth-order valence-electron chi connectivity index (χ4n) is 2.33. The zero-order chi connectivity index (χ0) is 12.4. The van der Waals surface area contributed by atoms with Gasteiger partial charge in [0.1, 0.15) is 0 Å². The molecule has 2 rings (SSSR count). The minimum atomic E-state index is -0.109. The van der Waals surface area contributed by atoms with E-state index in [1.165, 1.54) is 11.3 Å². The molecule has 1 aromatic rings. The Kier molecular flexibility index (Phi) is 4.72. The first-order valence-electron chi connectivity index (χ1n) is 5.95. The van der Waals surface area contributed by atoms with Crippen molar-refractivity contribution in [3.63, 3.8) is 0 Å². The fourth-order valence-corrected chi connectivity index (χ4v) is 3.98. The van der Waals surface area contributed by atoms with Crippen LogP contribution in [-0.2, 0) is 0 Å². The molecule has 0 saturated heterocycles. The van der Waals surface area contributed by atoms with E-state index in [0.717, 1.165) is 39.9 Å². The molecule has 0 amide bonds. The molecule has 0 aliphatic heterocycles. The van der Waals surface area contributed by atoms with Crippen molar-refractivity contribution >= 4 is 34.5 Å². The number of rotatable bonds is 3. The summed E-state index contributed by atoms with van der Waals surface area (Å²) in [5.41, 5.74) is 1.08. The summed E-state index contributed by atoms with van der Waals surface area (Å²) >= 11 is 13.5. The molecule has 96 valence electrons. The van der Waals surface area contributed by atoms with Gasteiger partial charge in [0.25, 0.3) is 0 Å². The Morgan fingerprint density at radius 2 is 2.00 bits per heavy atom. The second-order valence-corrected chi connectivity index (χ2v) is 6.96. The summed E-state index contributed by atoms with van der Waals surface area (Å²) in [6.07, 6.45) is 3.73. The van der Waals surface area contributed by atoms with E-state index < -0.39 is 0 Å². The standard InChI is InChI=1S/C12H17Cl2NOS/c1-7(10-6-11(13)17-12(10)14)15-8-2-4-9(16)5-3-8/h6-9,15-16H,2-5H2,1H3. The highest BCUT2D eigenvalue weighted by Crippen LogP contribution is 2.35. The van der Waals surface area contributed by atoms with Crippen LogP contribution in [0.25, 0.3) is 0 Å². The van der Waals surface area contributed by atoms with Gasteiger partial charge in [0.15, 0.2) is 0 Å². The van der Waals surface area contributed by atoms with E-state index in [1.54, 1.807) is 0 Å². The molecule has 17 heavy (non-hydrogen) atoms. The van der Waals surface area contributed by atoms with E-state index in [0.29, 0.717) is 6.04 Å². The van der Waals surface area contributed by atoms with Gasteiger partial charge in [-0.25, -0.2) is 0 Å². The molecule has 0 aromatic carbocycles. The Labute approximate surface area is 116 Å².